The third-order valence-corrected chi connectivity index (χ3v) is 5.23. The SMILES string of the molecule is COC(=O)c1[nH]c2cc(OC)c(OC)cc2c1NC(=O)C[NH+]1CCC[C@@H](C)C1. The van der Waals surface area contributed by atoms with Crippen molar-refractivity contribution in [3.63, 3.8) is 0 Å². The molecule has 2 atom stereocenters. The van der Waals surface area contributed by atoms with Crippen LogP contribution in [-0.4, -0.2) is 57.8 Å². The summed E-state index contributed by atoms with van der Waals surface area (Å²) < 4.78 is 15.6. The lowest BCUT2D eigenvalue weighted by Gasteiger charge is -2.27. The smallest absolute Gasteiger partial charge is 0.356 e. The number of hydrogen-bond donors (Lipinski definition) is 3. The van der Waals surface area contributed by atoms with Gasteiger partial charge in [-0.1, -0.05) is 6.92 Å². The summed E-state index contributed by atoms with van der Waals surface area (Å²) in [4.78, 5) is 29.3. The molecule has 1 saturated heterocycles. The third kappa shape index (κ3) is 4.06. The van der Waals surface area contributed by atoms with E-state index in [-0.39, 0.29) is 11.6 Å². The second-order valence-electron chi connectivity index (χ2n) is 7.30. The van der Waals surface area contributed by atoms with Crippen molar-refractivity contribution in [1.82, 2.24) is 4.98 Å². The summed E-state index contributed by atoms with van der Waals surface area (Å²) >= 11 is 0. The van der Waals surface area contributed by atoms with Gasteiger partial charge < -0.3 is 29.4 Å². The molecule has 3 rings (SSSR count). The van der Waals surface area contributed by atoms with E-state index in [9.17, 15) is 9.59 Å². The monoisotopic (exact) mass is 390 g/mol. The lowest BCUT2D eigenvalue weighted by atomic mass is 10.0. The first-order chi connectivity index (χ1) is 13.5. The van der Waals surface area contributed by atoms with Gasteiger partial charge in [0, 0.05) is 17.4 Å². The number of rotatable bonds is 6. The molecule has 1 aromatic heterocycles. The van der Waals surface area contributed by atoms with E-state index in [2.05, 4.69) is 17.2 Å². The highest BCUT2D eigenvalue weighted by atomic mass is 16.5. The highest BCUT2D eigenvalue weighted by molar-refractivity contribution is 6.11. The standard InChI is InChI=1S/C20H27N3O5/c1-12-6-5-7-23(10-12)11-17(24)22-18-13-8-15(26-2)16(27-3)9-14(13)21-19(18)20(25)28-4/h8-9,12,21H,5-7,10-11H2,1-4H3,(H,22,24)/p+1/t12-/m1/s1. The average molecular weight is 390 g/mol. The molecule has 0 aliphatic carbocycles. The van der Waals surface area contributed by atoms with Crippen LogP contribution in [-0.2, 0) is 9.53 Å². The number of aromatic nitrogens is 1. The van der Waals surface area contributed by atoms with Crippen LogP contribution in [0.5, 0.6) is 11.5 Å². The van der Waals surface area contributed by atoms with Crippen LogP contribution in [0.1, 0.15) is 30.3 Å². The second-order valence-corrected chi connectivity index (χ2v) is 7.30. The molecule has 0 saturated carbocycles. The number of anilines is 1. The largest absolute Gasteiger partial charge is 0.493 e. The van der Waals surface area contributed by atoms with E-state index in [0.29, 0.717) is 40.6 Å². The molecule has 3 N–H and O–H groups in total. The van der Waals surface area contributed by atoms with Crippen molar-refractivity contribution >= 4 is 28.5 Å². The molecule has 2 aromatic rings. The Balaban J connectivity index is 1.92. The number of ether oxygens (including phenoxy) is 3. The molecule has 1 aromatic carbocycles. The summed E-state index contributed by atoms with van der Waals surface area (Å²) in [6.07, 6.45) is 2.34. The van der Waals surface area contributed by atoms with Crippen molar-refractivity contribution in [3.8, 4) is 11.5 Å². The van der Waals surface area contributed by atoms with Gasteiger partial charge in [0.25, 0.3) is 5.91 Å². The third-order valence-electron chi connectivity index (χ3n) is 5.23. The number of fused-ring (bicyclic) bond motifs is 1. The Kier molecular flexibility index (Phi) is 6.08. The number of carbonyl (C=O) groups is 2. The molecular weight excluding hydrogens is 362 g/mol. The van der Waals surface area contributed by atoms with E-state index in [1.54, 1.807) is 19.2 Å². The molecule has 1 aliphatic rings. The number of carbonyl (C=O) groups excluding carboxylic acids is 2. The van der Waals surface area contributed by atoms with E-state index < -0.39 is 5.97 Å². The molecule has 1 fully saturated rings. The van der Waals surface area contributed by atoms with Gasteiger partial charge >= 0.3 is 5.97 Å². The molecule has 2 heterocycles. The van der Waals surface area contributed by atoms with Crippen LogP contribution in [0.3, 0.4) is 0 Å². The molecule has 28 heavy (non-hydrogen) atoms. The van der Waals surface area contributed by atoms with Crippen molar-refractivity contribution in [1.29, 1.82) is 0 Å². The Hall–Kier alpha value is -2.74. The first-order valence-corrected chi connectivity index (χ1v) is 9.46. The lowest BCUT2D eigenvalue weighted by Crippen LogP contribution is -3.14. The number of methoxy groups -OCH3 is 3. The molecule has 1 unspecified atom stereocenters. The number of quaternary nitrogens is 1. The van der Waals surface area contributed by atoms with E-state index >= 15 is 0 Å². The van der Waals surface area contributed by atoms with Gasteiger partial charge in [0.1, 0.15) is 5.69 Å². The summed E-state index contributed by atoms with van der Waals surface area (Å²) in [5.41, 5.74) is 1.24. The number of piperidine rings is 1. The molecule has 0 spiro atoms. The van der Waals surface area contributed by atoms with Crippen molar-refractivity contribution in [3.05, 3.63) is 17.8 Å². The van der Waals surface area contributed by atoms with Crippen LogP contribution in [0.4, 0.5) is 5.69 Å². The normalized spacial score (nSPS) is 19.3. The molecule has 152 valence electrons. The summed E-state index contributed by atoms with van der Waals surface area (Å²) in [5.74, 6) is 0.967. The summed E-state index contributed by atoms with van der Waals surface area (Å²) in [5, 5.41) is 3.57. The van der Waals surface area contributed by atoms with E-state index in [1.807, 2.05) is 0 Å². The molecule has 0 bridgehead atoms. The fraction of sp³-hybridized carbons (Fsp3) is 0.500. The van der Waals surface area contributed by atoms with E-state index in [4.69, 9.17) is 14.2 Å². The molecule has 1 aliphatic heterocycles. The average Bonchev–Trinajstić information content (AvgIpc) is 3.03. The fourth-order valence-electron chi connectivity index (χ4n) is 3.87. The van der Waals surface area contributed by atoms with Crippen molar-refractivity contribution in [2.24, 2.45) is 5.92 Å². The Morgan fingerprint density at radius 3 is 2.57 bits per heavy atom. The summed E-state index contributed by atoms with van der Waals surface area (Å²) in [7, 11) is 4.38. The van der Waals surface area contributed by atoms with Gasteiger partial charge in [0.05, 0.1) is 45.6 Å². The Labute approximate surface area is 164 Å². The van der Waals surface area contributed by atoms with Crippen LogP contribution in [0, 0.1) is 5.92 Å². The topological polar surface area (TPSA) is 94.1 Å². The van der Waals surface area contributed by atoms with Gasteiger partial charge in [-0.05, 0) is 18.9 Å². The van der Waals surface area contributed by atoms with E-state index in [0.717, 1.165) is 19.5 Å². The number of hydrogen-bond acceptors (Lipinski definition) is 5. The van der Waals surface area contributed by atoms with Crippen molar-refractivity contribution in [2.75, 3.05) is 46.3 Å². The Morgan fingerprint density at radius 1 is 1.21 bits per heavy atom. The minimum Gasteiger partial charge on any atom is -0.493 e. The number of aromatic amines is 1. The maximum atomic E-state index is 12.7. The Bertz CT molecular complexity index is 876. The summed E-state index contributed by atoms with van der Waals surface area (Å²) in [6, 6.07) is 3.47. The quantitative estimate of drug-likeness (QED) is 0.645. The van der Waals surface area contributed by atoms with Gasteiger partial charge in [-0.15, -0.1) is 0 Å². The second kappa shape index (κ2) is 8.52. The number of esters is 1. The first-order valence-electron chi connectivity index (χ1n) is 9.46. The van der Waals surface area contributed by atoms with Gasteiger partial charge in [0.2, 0.25) is 0 Å². The van der Waals surface area contributed by atoms with Gasteiger partial charge in [-0.2, -0.15) is 0 Å². The predicted molar refractivity (Wildman–Crippen MR) is 105 cm³/mol. The van der Waals surface area contributed by atoms with Crippen LogP contribution >= 0.6 is 0 Å². The number of nitrogens with one attached hydrogen (secondary N) is 3. The van der Waals surface area contributed by atoms with Gasteiger partial charge in [-0.25, -0.2) is 4.79 Å². The van der Waals surface area contributed by atoms with Crippen LogP contribution < -0.4 is 19.7 Å². The number of likely N-dealkylation sites (tertiary alicyclic amines) is 1. The fourth-order valence-corrected chi connectivity index (χ4v) is 3.87. The van der Waals surface area contributed by atoms with Crippen molar-refractivity contribution in [2.45, 2.75) is 19.8 Å². The van der Waals surface area contributed by atoms with Crippen LogP contribution in [0.15, 0.2) is 12.1 Å². The number of amides is 1. The number of H-pyrrole nitrogens is 1. The summed E-state index contributed by atoms with van der Waals surface area (Å²) in [6.45, 7) is 4.55. The molecule has 1 amide bonds. The van der Waals surface area contributed by atoms with Gasteiger partial charge in [0.15, 0.2) is 18.0 Å². The highest BCUT2D eigenvalue weighted by Crippen LogP contribution is 2.37. The zero-order valence-corrected chi connectivity index (χ0v) is 16.8. The zero-order chi connectivity index (χ0) is 20.3. The highest BCUT2D eigenvalue weighted by Gasteiger charge is 2.25. The van der Waals surface area contributed by atoms with Crippen LogP contribution in [0.25, 0.3) is 10.9 Å². The molecular formula is C20H28N3O5+. The molecule has 8 heteroatoms. The van der Waals surface area contributed by atoms with Crippen LogP contribution in [0.2, 0.25) is 0 Å². The van der Waals surface area contributed by atoms with Gasteiger partial charge in [-0.3, -0.25) is 4.79 Å². The lowest BCUT2D eigenvalue weighted by molar-refractivity contribution is -0.900. The zero-order valence-electron chi connectivity index (χ0n) is 16.8. The maximum Gasteiger partial charge on any atom is 0.356 e. The maximum absolute atomic E-state index is 12.7. The molecule has 0 radical (unpaired) electrons. The van der Waals surface area contributed by atoms with E-state index in [1.165, 1.54) is 25.5 Å². The Morgan fingerprint density at radius 2 is 1.93 bits per heavy atom. The number of benzene rings is 1. The minimum absolute atomic E-state index is 0.134. The predicted octanol–water partition coefficient (Wildman–Crippen LogP) is 1.23. The minimum atomic E-state index is -0.552. The first kappa shape index (κ1) is 20.0. The van der Waals surface area contributed by atoms with Crippen molar-refractivity contribution < 1.29 is 28.7 Å². The molecule has 8 nitrogen and oxygen atoms in total.